The largest absolute Gasteiger partial charge is 0.518 e. The van der Waals surface area contributed by atoms with Crippen molar-refractivity contribution in [2.24, 2.45) is 0 Å². The minimum atomic E-state index is -2.14. The van der Waals surface area contributed by atoms with Crippen LogP contribution < -0.4 is 4.98 Å². The van der Waals surface area contributed by atoms with Gasteiger partial charge in [-0.1, -0.05) is 85.0 Å². The first-order chi connectivity index (χ1) is 11.6. The highest BCUT2D eigenvalue weighted by atomic mass is 28.4. The summed E-state index contributed by atoms with van der Waals surface area (Å²) in [5.74, 6) is -0.0923. The van der Waals surface area contributed by atoms with Crippen LogP contribution in [0.1, 0.15) is 47.1 Å². The van der Waals surface area contributed by atoms with Gasteiger partial charge < -0.3 is 9.41 Å². The van der Waals surface area contributed by atoms with Gasteiger partial charge in [-0.15, -0.1) is 0 Å². The molecule has 26 heavy (non-hydrogen) atoms. The predicted molar refractivity (Wildman–Crippen MR) is 118 cm³/mol. The summed E-state index contributed by atoms with van der Waals surface area (Å²) in [4.78, 5) is 16.9. The van der Waals surface area contributed by atoms with E-state index in [-0.39, 0.29) is 22.1 Å². The van der Waals surface area contributed by atoms with Gasteiger partial charge in [0.1, 0.15) is 14.3 Å². The molecule has 0 amide bonds. The smallest absolute Gasteiger partial charge is 0.309 e. The SMILES string of the molecule is CC(C)(C)[Si](C)(C)N[C@@H](C[13c]1[13cH][13cH][13cH][13cH][13cH]1)C(=O)O[Si](C)(C)C(C)(C)C. The Bertz CT molecular complexity index is 599. The zero-order valence-electron chi connectivity index (χ0n) is 18.5. The first-order valence-electron chi connectivity index (χ1n) is 9.61. The summed E-state index contributed by atoms with van der Waals surface area (Å²) >= 11 is 0. The normalized spacial score (nSPS) is 14.8. The monoisotopic (exact) mass is 399 g/mol. The molecule has 1 atom stereocenters. The van der Waals surface area contributed by atoms with Crippen LogP contribution in [0.5, 0.6) is 0 Å². The molecule has 0 radical (unpaired) electrons. The predicted octanol–water partition coefficient (Wildman–Crippen LogP) is 5.74. The van der Waals surface area contributed by atoms with Crippen LogP contribution in [-0.4, -0.2) is 28.6 Å². The van der Waals surface area contributed by atoms with E-state index < -0.39 is 16.6 Å². The summed E-state index contributed by atoms with van der Waals surface area (Å²) < 4.78 is 6.15. The van der Waals surface area contributed by atoms with E-state index in [4.69, 9.17) is 4.43 Å². The summed E-state index contributed by atoms with van der Waals surface area (Å²) in [6.45, 7) is 22.1. The highest BCUT2D eigenvalue weighted by Gasteiger charge is 2.44. The van der Waals surface area contributed by atoms with E-state index in [1.807, 2.05) is 18.2 Å². The molecule has 0 aliphatic carbocycles. The van der Waals surface area contributed by atoms with E-state index in [1.165, 1.54) is 0 Å². The minimum Gasteiger partial charge on any atom is -0.518 e. The van der Waals surface area contributed by atoms with Crippen LogP contribution >= 0.6 is 0 Å². The van der Waals surface area contributed by atoms with Crippen LogP contribution in [0.15, 0.2) is 30.3 Å². The van der Waals surface area contributed by atoms with Crippen LogP contribution in [0.4, 0.5) is 0 Å². The van der Waals surface area contributed by atoms with Gasteiger partial charge in [-0.2, -0.15) is 0 Å². The maximum Gasteiger partial charge on any atom is 0.309 e. The number of benzene rings is 1. The number of carbonyl (C=O) groups excluding carboxylic acids is 1. The van der Waals surface area contributed by atoms with Crippen LogP contribution in [0.3, 0.4) is 0 Å². The number of nitrogens with one attached hydrogen (secondary N) is 1. The third kappa shape index (κ3) is 6.06. The molecular formula is C21H39NO2Si2. The van der Waals surface area contributed by atoms with Crippen molar-refractivity contribution in [2.45, 2.75) is 90.3 Å². The quantitative estimate of drug-likeness (QED) is 0.620. The topological polar surface area (TPSA) is 38.3 Å². The molecule has 0 bridgehead atoms. The van der Waals surface area contributed by atoms with Crippen LogP contribution in [0.2, 0.25) is 36.3 Å². The molecule has 5 heteroatoms. The molecule has 0 fully saturated rings. The summed E-state index contributed by atoms with van der Waals surface area (Å²) in [5, 5.41) is 0.163. The molecule has 0 aliphatic rings. The fourth-order valence-electron chi connectivity index (χ4n) is 2.17. The Morgan fingerprint density at radius 1 is 0.962 bits per heavy atom. The molecule has 148 valence electrons. The molecule has 3 nitrogen and oxygen atoms in total. The highest BCUT2D eigenvalue weighted by molar-refractivity contribution is 6.78. The lowest BCUT2D eigenvalue weighted by Crippen LogP contribution is -2.60. The Morgan fingerprint density at radius 3 is 1.88 bits per heavy atom. The van der Waals surface area contributed by atoms with Crippen molar-refractivity contribution in [1.29, 1.82) is 0 Å². The molecular weight excluding hydrogens is 360 g/mol. The Kier molecular flexibility index (Phi) is 7.10. The molecule has 1 aromatic rings. The lowest BCUT2D eigenvalue weighted by molar-refractivity contribution is -0.137. The Morgan fingerprint density at radius 2 is 1.46 bits per heavy atom. The number of rotatable bonds is 6. The fourth-order valence-corrected chi connectivity index (χ4v) is 4.65. The van der Waals surface area contributed by atoms with Crippen molar-refractivity contribution in [3.63, 3.8) is 0 Å². The zero-order valence-corrected chi connectivity index (χ0v) is 20.5. The number of hydrogen-bond acceptors (Lipinski definition) is 3. The molecule has 0 aromatic heterocycles. The summed E-state index contributed by atoms with van der Waals surface area (Å²) in [7, 11) is -3.98. The van der Waals surface area contributed by atoms with Crippen LogP contribution in [-0.2, 0) is 15.6 Å². The molecule has 0 unspecified atom stereocenters. The molecule has 1 rings (SSSR count). The van der Waals surface area contributed by atoms with Gasteiger partial charge in [0.2, 0.25) is 0 Å². The van der Waals surface area contributed by atoms with E-state index in [0.717, 1.165) is 5.56 Å². The zero-order chi connectivity index (χ0) is 20.4. The Labute approximate surface area is 163 Å². The van der Waals surface area contributed by atoms with Crippen molar-refractivity contribution in [1.82, 2.24) is 4.98 Å². The lowest BCUT2D eigenvalue weighted by Gasteiger charge is -2.41. The molecule has 0 heterocycles. The Balaban J connectivity index is 3.09. The molecule has 0 aliphatic heterocycles. The third-order valence-electron chi connectivity index (χ3n) is 6.14. The second-order valence-electron chi connectivity index (χ2n) is 10.4. The van der Waals surface area contributed by atoms with Gasteiger partial charge in [0.25, 0.3) is 8.32 Å². The second kappa shape index (κ2) is 7.99. The van der Waals surface area contributed by atoms with Crippen molar-refractivity contribution in [2.75, 3.05) is 0 Å². The highest BCUT2D eigenvalue weighted by Crippen LogP contribution is 2.37. The van der Waals surface area contributed by atoms with E-state index >= 15 is 0 Å². The summed E-state index contributed by atoms with van der Waals surface area (Å²) in [6.07, 6.45) is 0.667. The molecule has 0 saturated heterocycles. The average Bonchev–Trinajstić information content (AvgIpc) is 2.44. The maximum absolute atomic E-state index is 13.2. The van der Waals surface area contributed by atoms with E-state index in [0.29, 0.717) is 6.42 Å². The van der Waals surface area contributed by atoms with Gasteiger partial charge in [0.05, 0.1) is 0 Å². The first-order valence-corrected chi connectivity index (χ1v) is 15.5. The van der Waals surface area contributed by atoms with E-state index in [2.05, 4.69) is 84.8 Å². The number of hydrogen-bond donors (Lipinski definition) is 1. The van der Waals surface area contributed by atoms with E-state index in [1.54, 1.807) is 0 Å². The maximum atomic E-state index is 13.2. The average molecular weight is 400 g/mol. The molecule has 1 aromatic carbocycles. The van der Waals surface area contributed by atoms with Gasteiger partial charge >= 0.3 is 5.97 Å². The third-order valence-corrected chi connectivity index (χ3v) is 15.3. The molecule has 0 saturated carbocycles. The number of carbonyl (C=O) groups is 1. The molecule has 1 N–H and O–H groups in total. The van der Waals surface area contributed by atoms with Gasteiger partial charge in [-0.25, -0.2) is 0 Å². The standard InChI is InChI=1S/C21H39NO2Si2/c1-20(2,3)25(7,8)22-18(16-17-14-12-11-13-15-17)19(23)24-26(9,10)21(4,5)6/h11-15,18,22H,16H2,1-10H3/t18-/m0/s1/i11+1,12+1,13+1,14+1,15+1,17+1. The van der Waals surface area contributed by atoms with Crippen molar-refractivity contribution in [3.05, 3.63) is 35.9 Å². The van der Waals surface area contributed by atoms with Crippen LogP contribution in [0.25, 0.3) is 0 Å². The van der Waals surface area contributed by atoms with Crippen molar-refractivity contribution >= 4 is 22.5 Å². The minimum absolute atomic E-state index is 0.0108. The Hall–Kier alpha value is -0.916. The van der Waals surface area contributed by atoms with Gasteiger partial charge in [0, 0.05) is 0 Å². The summed E-state index contributed by atoms with van der Waals surface area (Å²) in [5.41, 5.74) is 1.16. The molecule has 0 spiro atoms. The summed E-state index contributed by atoms with van der Waals surface area (Å²) in [6, 6.07) is 9.93. The van der Waals surface area contributed by atoms with Gasteiger partial charge in [-0.05, 0) is 35.2 Å². The van der Waals surface area contributed by atoms with Crippen molar-refractivity contribution in [3.8, 4) is 0 Å². The fraction of sp³-hybridized carbons (Fsp3) is 0.667. The van der Waals surface area contributed by atoms with Gasteiger partial charge in [-0.3, -0.25) is 4.79 Å². The lowest BCUT2D eigenvalue weighted by atomic mass is 10.2. The first kappa shape index (κ1) is 23.1. The van der Waals surface area contributed by atoms with Crippen molar-refractivity contribution < 1.29 is 9.22 Å². The van der Waals surface area contributed by atoms with Crippen LogP contribution in [0, 0.1) is 0 Å². The second-order valence-corrected chi connectivity index (χ2v) is 20.2. The van der Waals surface area contributed by atoms with Gasteiger partial charge in [0.15, 0.2) is 0 Å². The van der Waals surface area contributed by atoms with E-state index in [9.17, 15) is 4.79 Å².